The Balaban J connectivity index is 2.11. The zero-order chi connectivity index (χ0) is 29.7. The lowest BCUT2D eigenvalue weighted by Gasteiger charge is -2.26. The second-order valence-electron chi connectivity index (χ2n) is 10.6. The van der Waals surface area contributed by atoms with Crippen molar-refractivity contribution in [3.8, 4) is 5.75 Å². The number of Topliss-reactive ketones (excluding diaryl/α,β-unsaturated/α-hetero) is 1. The van der Waals surface area contributed by atoms with E-state index in [1.54, 1.807) is 12.1 Å². The molecule has 3 atom stereocenters. The molecule has 4 N–H and O–H groups in total. The molecule has 0 bridgehead atoms. The molecular weight excluding hydrogens is 517 g/mol. The van der Waals surface area contributed by atoms with Crippen LogP contribution in [-0.4, -0.2) is 53.6 Å². The number of hydrogen-bond donors (Lipinski definition) is 4. The first-order chi connectivity index (χ1) is 19.0. The Hall–Kier alpha value is -3.95. The molecule has 0 saturated carbocycles. The molecule has 40 heavy (non-hydrogen) atoms. The summed E-state index contributed by atoms with van der Waals surface area (Å²) in [6.45, 7) is 6.30. The van der Waals surface area contributed by atoms with E-state index >= 15 is 0 Å². The van der Waals surface area contributed by atoms with Crippen LogP contribution in [0.5, 0.6) is 5.75 Å². The number of halogens is 1. The third-order valence-electron chi connectivity index (χ3n) is 6.08. The number of alkyl halides is 1. The van der Waals surface area contributed by atoms with Crippen LogP contribution >= 0.6 is 0 Å². The zero-order valence-electron chi connectivity index (χ0n) is 23.5. The Morgan fingerprint density at radius 2 is 1.27 bits per heavy atom. The molecule has 0 fully saturated rings. The van der Waals surface area contributed by atoms with Crippen molar-refractivity contribution in [2.45, 2.75) is 71.7 Å². The number of alkyl carbamates (subject to hydrolysis) is 1. The fourth-order valence-corrected chi connectivity index (χ4v) is 4.06. The Bertz CT molecular complexity index is 1110. The van der Waals surface area contributed by atoms with E-state index in [1.165, 1.54) is 12.1 Å². The van der Waals surface area contributed by atoms with Gasteiger partial charge in [-0.25, -0.2) is 9.18 Å². The third kappa shape index (κ3) is 11.4. The lowest BCUT2D eigenvalue weighted by molar-refractivity contribution is -0.132. The summed E-state index contributed by atoms with van der Waals surface area (Å²) < 4.78 is 18.6. The maximum absolute atomic E-state index is 13.3. The predicted octanol–water partition coefficient (Wildman–Crippen LogP) is 3.83. The monoisotopic (exact) mass is 557 g/mol. The maximum Gasteiger partial charge on any atom is 0.408 e. The molecule has 2 aromatic rings. The van der Waals surface area contributed by atoms with Crippen molar-refractivity contribution >= 4 is 23.7 Å². The number of carbonyl (C=O) groups excluding carboxylic acids is 4. The number of ketones is 1. The van der Waals surface area contributed by atoms with E-state index in [0.717, 1.165) is 5.56 Å². The summed E-state index contributed by atoms with van der Waals surface area (Å²) in [4.78, 5) is 51.3. The second kappa shape index (κ2) is 16.2. The molecule has 0 radical (unpaired) electrons. The molecule has 0 aliphatic heterocycles. The summed E-state index contributed by atoms with van der Waals surface area (Å²) in [5, 5.41) is 17.4. The number of amides is 3. The van der Waals surface area contributed by atoms with Gasteiger partial charge in [-0.15, -0.1) is 0 Å². The van der Waals surface area contributed by atoms with Crippen LogP contribution < -0.4 is 16.0 Å². The highest BCUT2D eigenvalue weighted by atomic mass is 19.1. The van der Waals surface area contributed by atoms with Gasteiger partial charge < -0.3 is 25.8 Å². The Kier molecular flexibility index (Phi) is 13.1. The van der Waals surface area contributed by atoms with Crippen molar-refractivity contribution in [1.82, 2.24) is 16.0 Å². The number of benzene rings is 2. The molecule has 0 spiro atoms. The molecule has 0 aliphatic carbocycles. The topological polar surface area (TPSA) is 134 Å². The molecule has 0 saturated heterocycles. The number of aromatic hydroxyl groups is 1. The van der Waals surface area contributed by atoms with Gasteiger partial charge in [0.25, 0.3) is 0 Å². The molecule has 2 aromatic carbocycles. The third-order valence-corrected chi connectivity index (χ3v) is 6.08. The number of carbonyl (C=O) groups is 4. The zero-order valence-corrected chi connectivity index (χ0v) is 23.5. The number of ether oxygens (including phenoxy) is 1. The van der Waals surface area contributed by atoms with Gasteiger partial charge >= 0.3 is 6.09 Å². The number of rotatable bonds is 15. The highest BCUT2D eigenvalue weighted by Crippen LogP contribution is 2.14. The molecule has 9 nitrogen and oxygen atoms in total. The van der Waals surface area contributed by atoms with Gasteiger partial charge in [0.1, 0.15) is 31.1 Å². The standard InChI is InChI=1S/C30H40FN3O6/c1-19(2)14-25(28(37)32-24(27(36)17-31)16-21-10-12-23(35)13-11-21)33-29(38)26(15-20(3)4)34-30(39)40-18-22-8-6-5-7-9-22/h5-13,19-20,24-26,35H,14-18H2,1-4H3,(H,32,37)(H,33,38)(H,34,39)/t24-,25-,26-/m0/s1. The molecule has 10 heteroatoms. The van der Waals surface area contributed by atoms with E-state index in [-0.39, 0.29) is 37.0 Å². The summed E-state index contributed by atoms with van der Waals surface area (Å²) in [5.74, 6) is -1.94. The molecular formula is C30H40FN3O6. The fourth-order valence-electron chi connectivity index (χ4n) is 4.06. The Labute approximate surface area is 234 Å². The molecule has 218 valence electrons. The van der Waals surface area contributed by atoms with E-state index < -0.39 is 48.5 Å². The molecule has 0 aliphatic rings. The van der Waals surface area contributed by atoms with Gasteiger partial charge in [0, 0.05) is 0 Å². The van der Waals surface area contributed by atoms with E-state index in [4.69, 9.17) is 4.74 Å². The quantitative estimate of drug-likeness (QED) is 0.263. The largest absolute Gasteiger partial charge is 0.508 e. The number of nitrogens with one attached hydrogen (secondary N) is 3. The first kappa shape index (κ1) is 32.3. The number of hydrogen-bond acceptors (Lipinski definition) is 6. The predicted molar refractivity (Wildman–Crippen MR) is 149 cm³/mol. The van der Waals surface area contributed by atoms with E-state index in [9.17, 15) is 28.7 Å². The van der Waals surface area contributed by atoms with E-state index in [2.05, 4.69) is 16.0 Å². The smallest absolute Gasteiger partial charge is 0.408 e. The summed E-state index contributed by atoms with van der Waals surface area (Å²) in [5.41, 5.74) is 1.41. The van der Waals surface area contributed by atoms with Crippen molar-refractivity contribution < 1.29 is 33.4 Å². The van der Waals surface area contributed by atoms with Crippen LogP contribution in [0.1, 0.15) is 51.7 Å². The van der Waals surface area contributed by atoms with Gasteiger partial charge in [0.2, 0.25) is 11.8 Å². The van der Waals surface area contributed by atoms with E-state index in [1.807, 2.05) is 58.0 Å². The first-order valence-electron chi connectivity index (χ1n) is 13.4. The van der Waals surface area contributed by atoms with Crippen molar-refractivity contribution in [2.75, 3.05) is 6.67 Å². The normalized spacial score (nSPS) is 13.3. The molecule has 3 amide bonds. The van der Waals surface area contributed by atoms with Gasteiger partial charge in [-0.05, 0) is 54.4 Å². The van der Waals surface area contributed by atoms with Crippen LogP contribution in [0.3, 0.4) is 0 Å². The van der Waals surface area contributed by atoms with Crippen LogP contribution in [0.4, 0.5) is 9.18 Å². The number of phenolic OH excluding ortho intramolecular Hbond substituents is 1. The average molecular weight is 558 g/mol. The minimum atomic E-state index is -1.27. The molecule has 2 rings (SSSR count). The Morgan fingerprint density at radius 3 is 1.80 bits per heavy atom. The highest BCUT2D eigenvalue weighted by Gasteiger charge is 2.30. The van der Waals surface area contributed by atoms with Crippen LogP contribution in [-0.2, 0) is 32.1 Å². The van der Waals surface area contributed by atoms with Crippen LogP contribution in [0.25, 0.3) is 0 Å². The van der Waals surface area contributed by atoms with E-state index in [0.29, 0.717) is 12.0 Å². The van der Waals surface area contributed by atoms with Crippen molar-refractivity contribution in [1.29, 1.82) is 0 Å². The summed E-state index contributed by atoms with van der Waals surface area (Å²) in [6, 6.07) is 12.0. The Morgan fingerprint density at radius 1 is 0.750 bits per heavy atom. The van der Waals surface area contributed by atoms with Gasteiger partial charge in [0.15, 0.2) is 5.78 Å². The lowest BCUT2D eigenvalue weighted by Crippen LogP contribution is -2.56. The molecule has 0 heterocycles. The summed E-state index contributed by atoms with van der Waals surface area (Å²) in [7, 11) is 0. The van der Waals surface area contributed by atoms with Crippen molar-refractivity contribution in [3.63, 3.8) is 0 Å². The van der Waals surface area contributed by atoms with Crippen molar-refractivity contribution in [2.24, 2.45) is 11.8 Å². The summed E-state index contributed by atoms with van der Waals surface area (Å²) >= 11 is 0. The van der Waals surface area contributed by atoms with Crippen LogP contribution in [0.2, 0.25) is 0 Å². The average Bonchev–Trinajstić information content (AvgIpc) is 2.91. The molecule has 0 unspecified atom stereocenters. The summed E-state index contributed by atoms with van der Waals surface area (Å²) in [6.07, 6.45) is -0.203. The molecule has 0 aromatic heterocycles. The highest BCUT2D eigenvalue weighted by molar-refractivity contribution is 5.94. The van der Waals surface area contributed by atoms with Gasteiger partial charge in [0.05, 0.1) is 6.04 Å². The van der Waals surface area contributed by atoms with Crippen LogP contribution in [0, 0.1) is 11.8 Å². The lowest BCUT2D eigenvalue weighted by atomic mass is 9.98. The van der Waals surface area contributed by atoms with Gasteiger partial charge in [-0.3, -0.25) is 14.4 Å². The maximum atomic E-state index is 13.3. The van der Waals surface area contributed by atoms with Gasteiger partial charge in [-0.2, -0.15) is 0 Å². The van der Waals surface area contributed by atoms with Crippen molar-refractivity contribution in [3.05, 3.63) is 65.7 Å². The minimum Gasteiger partial charge on any atom is -0.508 e. The fraction of sp³-hybridized carbons (Fsp3) is 0.467. The second-order valence-corrected chi connectivity index (χ2v) is 10.6. The van der Waals surface area contributed by atoms with Gasteiger partial charge in [-0.1, -0.05) is 70.2 Å². The first-order valence-corrected chi connectivity index (χ1v) is 13.4. The van der Waals surface area contributed by atoms with Crippen LogP contribution in [0.15, 0.2) is 54.6 Å². The number of phenols is 1. The SMILES string of the molecule is CC(C)C[C@H](NC(=O)OCc1ccccc1)C(=O)N[C@@H](CC(C)C)C(=O)N[C@@H](Cc1ccc(O)cc1)C(=O)CF. The minimum absolute atomic E-state index is 0.00387.